The van der Waals surface area contributed by atoms with E-state index in [0.29, 0.717) is 5.92 Å². The molecule has 0 amide bonds. The molecule has 0 bridgehead atoms. The Morgan fingerprint density at radius 3 is 1.70 bits per heavy atom. The van der Waals surface area contributed by atoms with E-state index in [1.165, 1.54) is 116 Å². The number of hydrogen-bond donors (Lipinski definition) is 0. The fraction of sp³-hybridized carbons (Fsp3) is 0.370. The lowest BCUT2D eigenvalue weighted by atomic mass is 9.28. The smallest absolute Gasteiger partial charge is 0.227 e. The molecule has 2 atom stereocenters. The third-order valence-corrected chi connectivity index (χ3v) is 14.1. The van der Waals surface area contributed by atoms with Gasteiger partial charge >= 0.3 is 0 Å². The molecule has 6 aromatic rings. The van der Waals surface area contributed by atoms with Gasteiger partial charge in [-0.3, -0.25) is 0 Å². The summed E-state index contributed by atoms with van der Waals surface area (Å²) in [6.07, 6.45) is 6.52. The molecule has 2 nitrogen and oxygen atoms in total. The van der Waals surface area contributed by atoms with Crippen LogP contribution in [-0.2, 0) is 16.2 Å². The molecule has 10 rings (SSSR count). The molecule has 0 spiro atoms. The summed E-state index contributed by atoms with van der Waals surface area (Å²) >= 11 is 0. The Bertz CT molecular complexity index is 2510. The molecule has 288 valence electrons. The van der Waals surface area contributed by atoms with Crippen molar-refractivity contribution in [1.29, 1.82) is 0 Å². The minimum Gasteiger partial charge on any atom is -0.334 e. The molecule has 0 N–H and O–H groups in total. The summed E-state index contributed by atoms with van der Waals surface area (Å²) in [6, 6.07) is 46.4. The minimum absolute atomic E-state index is 0.0203. The van der Waals surface area contributed by atoms with Crippen molar-refractivity contribution in [3.8, 4) is 0 Å². The van der Waals surface area contributed by atoms with Crippen LogP contribution in [0.3, 0.4) is 0 Å². The first-order valence-corrected chi connectivity index (χ1v) is 21.8. The van der Waals surface area contributed by atoms with Crippen LogP contribution in [0.2, 0.25) is 0 Å². The Balaban J connectivity index is 1.31. The largest absolute Gasteiger partial charge is 0.334 e. The van der Waals surface area contributed by atoms with Crippen molar-refractivity contribution in [3.63, 3.8) is 0 Å². The van der Waals surface area contributed by atoms with Crippen LogP contribution < -0.4 is 20.7 Å². The molecule has 3 heteroatoms. The van der Waals surface area contributed by atoms with Crippen LogP contribution in [0.15, 0.2) is 115 Å². The van der Waals surface area contributed by atoms with Gasteiger partial charge in [0.2, 0.25) is 6.71 Å². The predicted molar refractivity (Wildman–Crippen MR) is 246 cm³/mol. The maximum atomic E-state index is 2.79. The second kappa shape index (κ2) is 12.9. The highest BCUT2D eigenvalue weighted by molar-refractivity contribution is 6.91. The zero-order valence-corrected chi connectivity index (χ0v) is 35.7. The molecule has 6 aromatic carbocycles. The summed E-state index contributed by atoms with van der Waals surface area (Å²) in [7, 11) is 0. The van der Waals surface area contributed by atoms with Crippen LogP contribution in [-0.4, -0.2) is 6.71 Å². The Morgan fingerprint density at radius 1 is 0.526 bits per heavy atom. The van der Waals surface area contributed by atoms with Crippen molar-refractivity contribution in [3.05, 3.63) is 149 Å². The molecule has 0 saturated heterocycles. The van der Waals surface area contributed by atoms with E-state index in [2.05, 4.69) is 187 Å². The topological polar surface area (TPSA) is 6.48 Å². The highest BCUT2D eigenvalue weighted by atomic mass is 15.2. The molecule has 2 aliphatic heterocycles. The van der Waals surface area contributed by atoms with E-state index in [4.69, 9.17) is 0 Å². The molecule has 1 fully saturated rings. The van der Waals surface area contributed by atoms with E-state index >= 15 is 0 Å². The number of fused-ring (bicyclic) bond motifs is 6. The number of hydrogen-bond acceptors (Lipinski definition) is 2. The minimum atomic E-state index is 0.0203. The fourth-order valence-corrected chi connectivity index (χ4v) is 11.1. The van der Waals surface area contributed by atoms with Gasteiger partial charge in [0.15, 0.2) is 0 Å². The molecule has 1 saturated carbocycles. The third kappa shape index (κ3) is 5.81. The lowest BCUT2D eigenvalue weighted by molar-refractivity contribution is 0.443. The highest BCUT2D eigenvalue weighted by Crippen LogP contribution is 2.58. The average Bonchev–Trinajstić information content (AvgIpc) is 3.52. The van der Waals surface area contributed by atoms with Crippen LogP contribution in [0.1, 0.15) is 146 Å². The summed E-state index contributed by atoms with van der Waals surface area (Å²) in [5, 5.41) is 2.82. The van der Waals surface area contributed by atoms with Crippen molar-refractivity contribution in [2.75, 3.05) is 9.80 Å². The zero-order chi connectivity index (χ0) is 39.6. The summed E-state index contributed by atoms with van der Waals surface area (Å²) in [4.78, 5) is 5.46. The summed E-state index contributed by atoms with van der Waals surface area (Å²) in [5.41, 5.74) is 18.4. The van der Waals surface area contributed by atoms with Crippen molar-refractivity contribution in [1.82, 2.24) is 0 Å². The maximum absolute atomic E-state index is 2.79. The predicted octanol–water partition coefficient (Wildman–Crippen LogP) is 13.7. The number of rotatable bonds is 3. The van der Waals surface area contributed by atoms with Crippen LogP contribution in [0, 0.1) is 0 Å². The quantitative estimate of drug-likeness (QED) is 0.166. The number of benzene rings is 6. The van der Waals surface area contributed by atoms with Gasteiger partial charge in [-0.1, -0.05) is 154 Å². The summed E-state index contributed by atoms with van der Waals surface area (Å²) in [6.45, 7) is 21.2. The van der Waals surface area contributed by atoms with E-state index in [0.717, 1.165) is 0 Å². The zero-order valence-electron chi connectivity index (χ0n) is 35.7. The first kappa shape index (κ1) is 36.6. The van der Waals surface area contributed by atoms with Crippen molar-refractivity contribution in [2.45, 2.75) is 128 Å². The van der Waals surface area contributed by atoms with Gasteiger partial charge in [-0.25, -0.2) is 0 Å². The third-order valence-electron chi connectivity index (χ3n) is 14.1. The van der Waals surface area contributed by atoms with E-state index in [1.807, 2.05) is 0 Å². The van der Waals surface area contributed by atoms with Crippen LogP contribution in [0.5, 0.6) is 0 Å². The Morgan fingerprint density at radius 2 is 1.09 bits per heavy atom. The van der Waals surface area contributed by atoms with Crippen LogP contribution in [0.4, 0.5) is 28.4 Å². The molecule has 2 heterocycles. The molecule has 4 aliphatic rings. The number of anilines is 5. The Kier molecular flexibility index (Phi) is 8.26. The molecule has 57 heavy (non-hydrogen) atoms. The van der Waals surface area contributed by atoms with E-state index in [9.17, 15) is 0 Å². The van der Waals surface area contributed by atoms with Gasteiger partial charge in [0.25, 0.3) is 0 Å². The molecule has 0 radical (unpaired) electrons. The standard InChI is InChI=1S/C54H59BN2/c1-52(2,3)37-21-26-40(27-22-37)56-45-33-39(54(7,8)9)25-30-44(45)55-49-42-19-13-17-35-18-14-20-43(48(35)42)51(49)57(41-28-23-38(24-29-41)53(4,5)6)47-32-36(31-46(56)50(47)55)34-15-11-10-12-16-34/h13-14,17-34,49,51H,10-12,15-16H2,1-9H3. The van der Waals surface area contributed by atoms with Crippen molar-refractivity contribution >= 4 is 56.8 Å². The van der Waals surface area contributed by atoms with Crippen LogP contribution in [0.25, 0.3) is 10.8 Å². The number of nitrogens with zero attached hydrogens (tertiary/aromatic N) is 2. The Labute approximate surface area is 342 Å². The van der Waals surface area contributed by atoms with E-state index in [-0.39, 0.29) is 34.8 Å². The van der Waals surface area contributed by atoms with Gasteiger partial charge in [-0.15, -0.1) is 0 Å². The normalized spacial score (nSPS) is 19.1. The first-order chi connectivity index (χ1) is 27.2. The van der Waals surface area contributed by atoms with Gasteiger partial charge in [0.05, 0.1) is 6.04 Å². The Hall–Kier alpha value is -4.76. The van der Waals surface area contributed by atoms with Gasteiger partial charge in [0.1, 0.15) is 0 Å². The second-order valence-electron chi connectivity index (χ2n) is 20.9. The molecule has 2 unspecified atom stereocenters. The highest BCUT2D eigenvalue weighted by Gasteiger charge is 2.54. The van der Waals surface area contributed by atoms with Crippen LogP contribution >= 0.6 is 0 Å². The fourth-order valence-electron chi connectivity index (χ4n) is 11.1. The van der Waals surface area contributed by atoms with E-state index in [1.54, 1.807) is 0 Å². The summed E-state index contributed by atoms with van der Waals surface area (Å²) in [5.74, 6) is 0.822. The first-order valence-electron chi connectivity index (χ1n) is 21.8. The lowest BCUT2D eigenvalue weighted by Crippen LogP contribution is -2.60. The van der Waals surface area contributed by atoms with Gasteiger partial charge in [-0.05, 0) is 138 Å². The van der Waals surface area contributed by atoms with Crippen molar-refractivity contribution < 1.29 is 0 Å². The molecular formula is C54H59BN2. The average molecular weight is 747 g/mol. The monoisotopic (exact) mass is 746 g/mol. The second-order valence-corrected chi connectivity index (χ2v) is 20.9. The van der Waals surface area contributed by atoms with Gasteiger partial charge in [-0.2, -0.15) is 0 Å². The molecule has 0 aromatic heterocycles. The SMILES string of the molecule is CC(C)(C)c1ccc(N2c3cc(C(C)(C)C)ccc3B3c4c2cc(C2CCCCC2)cc4N(c2ccc(C(C)(C)C)cc2)C2c4cccc5cccc(c45)C32)cc1. The van der Waals surface area contributed by atoms with Gasteiger partial charge in [0, 0.05) is 28.4 Å². The van der Waals surface area contributed by atoms with E-state index < -0.39 is 0 Å². The maximum Gasteiger partial charge on any atom is 0.227 e. The molecular weight excluding hydrogens is 687 g/mol. The van der Waals surface area contributed by atoms with Gasteiger partial charge < -0.3 is 9.80 Å². The van der Waals surface area contributed by atoms with Crippen molar-refractivity contribution in [2.24, 2.45) is 0 Å². The summed E-state index contributed by atoms with van der Waals surface area (Å²) < 4.78 is 0. The lowest BCUT2D eigenvalue weighted by Gasteiger charge is -2.50. The molecule has 2 aliphatic carbocycles.